The van der Waals surface area contributed by atoms with E-state index in [1.807, 2.05) is 0 Å². The number of rotatable bonds is 7. The molecule has 1 aromatic carbocycles. The summed E-state index contributed by atoms with van der Waals surface area (Å²) < 4.78 is 50.7. The maximum atomic E-state index is 13.9. The molecule has 5 nitrogen and oxygen atoms in total. The van der Waals surface area contributed by atoms with Crippen LogP contribution in [0.25, 0.3) is 0 Å². The van der Waals surface area contributed by atoms with Crippen molar-refractivity contribution in [3.63, 3.8) is 0 Å². The van der Waals surface area contributed by atoms with Gasteiger partial charge in [-0.1, -0.05) is 50.3 Å². The largest absolute Gasteiger partial charge is 0.466 e. The quantitative estimate of drug-likeness (QED) is 0.590. The predicted molar refractivity (Wildman–Crippen MR) is 89.1 cm³/mol. The Morgan fingerprint density at radius 2 is 1.69 bits per heavy atom. The van der Waals surface area contributed by atoms with Crippen LogP contribution < -0.4 is 5.32 Å². The molecule has 0 aliphatic carbocycles. The smallest absolute Gasteiger partial charge is 0.430 e. The third-order valence-electron chi connectivity index (χ3n) is 3.86. The van der Waals surface area contributed by atoms with Crippen molar-refractivity contribution in [1.29, 1.82) is 0 Å². The number of halogens is 3. The molecule has 26 heavy (non-hydrogen) atoms. The molecule has 144 valence electrons. The Kier molecular flexibility index (Phi) is 7.38. The molecule has 1 rings (SSSR count). The van der Waals surface area contributed by atoms with Gasteiger partial charge < -0.3 is 14.8 Å². The van der Waals surface area contributed by atoms with E-state index in [0.717, 1.165) is 13.2 Å². The molecule has 1 amide bonds. The summed E-state index contributed by atoms with van der Waals surface area (Å²) in [5, 5.41) is 2.31. The number of nitrogens with one attached hydrogen (secondary N) is 1. The Morgan fingerprint density at radius 1 is 1.12 bits per heavy atom. The first kappa shape index (κ1) is 21.7. The molecule has 2 atom stereocenters. The van der Waals surface area contributed by atoms with Gasteiger partial charge in [-0.25, -0.2) is 4.79 Å². The summed E-state index contributed by atoms with van der Waals surface area (Å²) in [5.41, 5.74) is -3.51. The minimum atomic E-state index is -5.00. The lowest BCUT2D eigenvalue weighted by molar-refractivity contribution is -0.266. The second-order valence-corrected chi connectivity index (χ2v) is 5.87. The standard InChI is InChI=1S/C18H22F3NO4/c1-12(2)14(10-11-15(23)25-3)22-16(24)17(26-4,18(19,20)21)13-8-6-5-7-9-13/h5-12,14H,1-4H3,(H,22,24)/b11-10+. The van der Waals surface area contributed by atoms with Crippen molar-refractivity contribution in [2.24, 2.45) is 5.92 Å². The normalized spacial score (nSPS) is 15.5. The number of benzene rings is 1. The lowest BCUT2D eigenvalue weighted by atomic mass is 9.90. The van der Waals surface area contributed by atoms with Gasteiger partial charge in [-0.2, -0.15) is 13.2 Å². The van der Waals surface area contributed by atoms with Gasteiger partial charge in [-0.3, -0.25) is 4.79 Å². The van der Waals surface area contributed by atoms with Crippen LogP contribution in [0.1, 0.15) is 19.4 Å². The van der Waals surface area contributed by atoms with Crippen molar-refractivity contribution < 1.29 is 32.2 Å². The number of amides is 1. The molecular weight excluding hydrogens is 351 g/mol. The zero-order valence-corrected chi connectivity index (χ0v) is 15.0. The maximum Gasteiger partial charge on any atom is 0.430 e. The summed E-state index contributed by atoms with van der Waals surface area (Å²) in [6, 6.07) is 5.82. The molecule has 1 N–H and O–H groups in total. The minimum Gasteiger partial charge on any atom is -0.466 e. The third-order valence-corrected chi connectivity index (χ3v) is 3.86. The van der Waals surface area contributed by atoms with Gasteiger partial charge in [0.25, 0.3) is 11.5 Å². The number of carbonyl (C=O) groups is 2. The van der Waals surface area contributed by atoms with Crippen molar-refractivity contribution in [2.45, 2.75) is 31.7 Å². The Labute approximate surface area is 150 Å². The molecule has 8 heteroatoms. The molecule has 0 spiro atoms. The summed E-state index contributed by atoms with van der Waals surface area (Å²) >= 11 is 0. The molecule has 0 aliphatic rings. The Bertz CT molecular complexity index is 644. The van der Waals surface area contributed by atoms with Crippen molar-refractivity contribution in [2.75, 3.05) is 14.2 Å². The van der Waals surface area contributed by atoms with E-state index in [4.69, 9.17) is 4.74 Å². The highest BCUT2D eigenvalue weighted by atomic mass is 19.4. The van der Waals surface area contributed by atoms with Gasteiger partial charge in [-0.05, 0) is 5.92 Å². The van der Waals surface area contributed by atoms with Gasteiger partial charge in [0.1, 0.15) is 0 Å². The summed E-state index contributed by atoms with van der Waals surface area (Å²) in [6.45, 7) is 3.38. The van der Waals surface area contributed by atoms with E-state index in [1.54, 1.807) is 13.8 Å². The van der Waals surface area contributed by atoms with Crippen molar-refractivity contribution in [1.82, 2.24) is 5.32 Å². The van der Waals surface area contributed by atoms with E-state index in [2.05, 4.69) is 10.1 Å². The fourth-order valence-corrected chi connectivity index (χ4v) is 2.36. The molecule has 0 aromatic heterocycles. The molecule has 0 heterocycles. The van der Waals surface area contributed by atoms with Crippen LogP contribution >= 0.6 is 0 Å². The lowest BCUT2D eigenvalue weighted by Gasteiger charge is -2.35. The Morgan fingerprint density at radius 3 is 2.12 bits per heavy atom. The molecule has 0 saturated heterocycles. The first-order valence-corrected chi connectivity index (χ1v) is 7.84. The maximum absolute atomic E-state index is 13.9. The fraction of sp³-hybridized carbons (Fsp3) is 0.444. The molecular formula is C18H22F3NO4. The second-order valence-electron chi connectivity index (χ2n) is 5.87. The molecule has 0 aliphatic heterocycles. The second kappa shape index (κ2) is 8.84. The highest BCUT2D eigenvalue weighted by Crippen LogP contribution is 2.42. The van der Waals surface area contributed by atoms with Crippen molar-refractivity contribution in [3.05, 3.63) is 48.0 Å². The van der Waals surface area contributed by atoms with Gasteiger partial charge in [0.05, 0.1) is 13.2 Å². The SMILES string of the molecule is COC(=O)/C=C/C(NC(=O)C(OC)(c1ccccc1)C(F)(F)F)C(C)C. The zero-order chi connectivity index (χ0) is 20.0. The highest BCUT2D eigenvalue weighted by molar-refractivity contribution is 5.88. The van der Waals surface area contributed by atoms with Crippen LogP contribution in [0.4, 0.5) is 13.2 Å². The zero-order valence-electron chi connectivity index (χ0n) is 15.0. The lowest BCUT2D eigenvalue weighted by Crippen LogP contribution is -2.58. The summed E-state index contributed by atoms with van der Waals surface area (Å²) in [4.78, 5) is 23.9. The van der Waals surface area contributed by atoms with Crippen LogP contribution in [-0.4, -0.2) is 38.3 Å². The van der Waals surface area contributed by atoms with E-state index in [9.17, 15) is 22.8 Å². The number of methoxy groups -OCH3 is 2. The summed E-state index contributed by atoms with van der Waals surface area (Å²) in [6.07, 6.45) is -2.66. The van der Waals surface area contributed by atoms with Gasteiger partial charge in [0.2, 0.25) is 0 Å². The minimum absolute atomic E-state index is 0.279. The molecule has 1 aromatic rings. The van der Waals surface area contributed by atoms with Gasteiger partial charge >= 0.3 is 12.1 Å². The molecule has 0 saturated carbocycles. The monoisotopic (exact) mass is 373 g/mol. The molecule has 0 bridgehead atoms. The van der Waals surface area contributed by atoms with Crippen LogP contribution in [-0.2, 0) is 24.7 Å². The summed E-state index contributed by atoms with van der Waals surface area (Å²) in [7, 11) is 2.00. The molecule has 2 unspecified atom stereocenters. The van der Waals surface area contributed by atoms with Gasteiger partial charge in [0, 0.05) is 18.7 Å². The number of alkyl halides is 3. The third kappa shape index (κ3) is 4.63. The van der Waals surface area contributed by atoms with Crippen LogP contribution in [0.3, 0.4) is 0 Å². The highest BCUT2D eigenvalue weighted by Gasteiger charge is 2.62. The number of hydrogen-bond donors (Lipinski definition) is 1. The van der Waals surface area contributed by atoms with Gasteiger partial charge in [0.15, 0.2) is 0 Å². The average molecular weight is 373 g/mol. The first-order valence-electron chi connectivity index (χ1n) is 7.84. The number of carbonyl (C=O) groups excluding carboxylic acids is 2. The van der Waals surface area contributed by atoms with E-state index >= 15 is 0 Å². The number of hydrogen-bond acceptors (Lipinski definition) is 4. The Hall–Kier alpha value is -2.35. The van der Waals surface area contributed by atoms with Crippen LogP contribution in [0.5, 0.6) is 0 Å². The van der Waals surface area contributed by atoms with E-state index in [0.29, 0.717) is 0 Å². The van der Waals surface area contributed by atoms with E-state index in [1.165, 1.54) is 43.5 Å². The number of esters is 1. The van der Waals surface area contributed by atoms with Crippen molar-refractivity contribution >= 4 is 11.9 Å². The van der Waals surface area contributed by atoms with Crippen molar-refractivity contribution in [3.8, 4) is 0 Å². The van der Waals surface area contributed by atoms with E-state index < -0.39 is 29.7 Å². The fourth-order valence-electron chi connectivity index (χ4n) is 2.36. The Balaban J connectivity index is 3.28. The molecule has 0 fully saturated rings. The van der Waals surface area contributed by atoms with Gasteiger partial charge in [-0.15, -0.1) is 0 Å². The van der Waals surface area contributed by atoms with E-state index in [-0.39, 0.29) is 11.5 Å². The summed E-state index contributed by atoms with van der Waals surface area (Å²) in [5.74, 6) is -2.33. The van der Waals surface area contributed by atoms with Crippen LogP contribution in [0.15, 0.2) is 42.5 Å². The average Bonchev–Trinajstić information content (AvgIpc) is 2.58. The number of ether oxygens (including phenoxy) is 2. The predicted octanol–water partition coefficient (Wildman–Crippen LogP) is 2.96. The van der Waals surface area contributed by atoms with Crippen LogP contribution in [0, 0.1) is 5.92 Å². The molecule has 0 radical (unpaired) electrons. The van der Waals surface area contributed by atoms with Crippen LogP contribution in [0.2, 0.25) is 0 Å². The topological polar surface area (TPSA) is 64.6 Å². The first-order chi connectivity index (χ1) is 12.1.